The van der Waals surface area contributed by atoms with Crippen molar-refractivity contribution in [3.8, 4) is 0 Å². The van der Waals surface area contributed by atoms with E-state index in [2.05, 4.69) is 26.0 Å². The van der Waals surface area contributed by atoms with Gasteiger partial charge in [0.1, 0.15) is 52.0 Å². The largest absolute Gasteiger partial charge is 0.481 e. The highest BCUT2D eigenvalue weighted by Gasteiger charge is 2.49. The third-order valence-electron chi connectivity index (χ3n) is 24.9. The second-order valence-electron chi connectivity index (χ2n) is 37.9. The molecule has 0 heterocycles. The van der Waals surface area contributed by atoms with Crippen LogP contribution in [0.4, 0.5) is 0 Å². The molecule has 0 aliphatic heterocycles. The molecule has 27 nitrogen and oxygen atoms in total. The van der Waals surface area contributed by atoms with Gasteiger partial charge in [0.15, 0.2) is 0 Å². The fourth-order valence-corrected chi connectivity index (χ4v) is 15.8. The number of carbonyl (C=O) groups excluding carboxylic acids is 17. The van der Waals surface area contributed by atoms with E-state index in [1.165, 1.54) is 7.11 Å². The van der Waals surface area contributed by atoms with Crippen LogP contribution in [0.5, 0.6) is 0 Å². The maximum atomic E-state index is 11.9. The lowest BCUT2D eigenvalue weighted by atomic mass is 9.68. The number of nitrogens with one attached hydrogen (secondary N) is 4. The average molecular weight is 1680 g/mol. The fourth-order valence-electron chi connectivity index (χ4n) is 15.8. The Balaban J connectivity index is 0.000000670. The van der Waals surface area contributed by atoms with Crippen molar-refractivity contribution in [1.29, 1.82) is 0 Å². The minimum atomic E-state index is -0.819. The van der Waals surface area contributed by atoms with Gasteiger partial charge in [-0.15, -0.1) is 0 Å². The topological polar surface area (TPSA) is 440 Å². The van der Waals surface area contributed by atoms with Gasteiger partial charge in [0.2, 0.25) is 41.4 Å². The second-order valence-corrected chi connectivity index (χ2v) is 37.9. The van der Waals surface area contributed by atoms with Gasteiger partial charge in [0.05, 0.1) is 18.9 Å². The smallest absolute Gasteiger partial charge is 0.309 e. The van der Waals surface area contributed by atoms with Gasteiger partial charge in [-0.2, -0.15) is 0 Å². The van der Waals surface area contributed by atoms with Crippen LogP contribution in [0.25, 0.3) is 0 Å². The zero-order valence-corrected chi connectivity index (χ0v) is 77.3. The number of hydrogen-bond donors (Lipinski definition) is 7. The highest BCUT2D eigenvalue weighted by molar-refractivity contribution is 5.96. The van der Waals surface area contributed by atoms with Gasteiger partial charge in [-0.1, -0.05) is 125 Å². The summed E-state index contributed by atoms with van der Waals surface area (Å²) in [5, 5.41) is 19.6. The van der Waals surface area contributed by atoms with Crippen molar-refractivity contribution in [3.05, 3.63) is 0 Å². The Morgan fingerprint density at radius 3 is 0.681 bits per heavy atom. The molecule has 0 spiro atoms. The van der Waals surface area contributed by atoms with Gasteiger partial charge in [-0.3, -0.25) is 86.3 Å². The summed E-state index contributed by atoms with van der Waals surface area (Å²) in [5.74, 6) is -1.04. The van der Waals surface area contributed by atoms with Gasteiger partial charge < -0.3 is 47.5 Å². The summed E-state index contributed by atoms with van der Waals surface area (Å²) in [6, 6.07) is 0. The molecule has 9 aliphatic carbocycles. The fraction of sp³-hybridized carbons (Fsp3) is 0.804. The van der Waals surface area contributed by atoms with E-state index in [-0.39, 0.29) is 259 Å². The molecule has 9 N–H and O–H groups in total. The first kappa shape index (κ1) is 109. The lowest BCUT2D eigenvalue weighted by Crippen LogP contribution is -2.50. The Morgan fingerprint density at radius 1 is 0.319 bits per heavy atom. The number of nitrogens with zero attached hydrogens (tertiary/aromatic N) is 1. The number of ketones is 9. The monoisotopic (exact) mass is 1680 g/mol. The molecule has 18 atom stereocenters. The van der Waals surface area contributed by atoms with Gasteiger partial charge >= 0.3 is 11.9 Å². The van der Waals surface area contributed by atoms with Crippen LogP contribution in [-0.4, -0.2) is 163 Å². The standard InChI is InChI=1S/C13H23NO2.2C11H19NO2.2C10H17NO2.C10H16O3.2C9H15NO2.C9H14O3/c1-8(2)11(15)9-6-7-10(9)12(16)14-13(3,4)5;1-7(2)10(13)8-5-6-9(8)11(14)12(3)4;1-4-12-11(14)9-6-5-8(9)10(13)7(2)3;2*1-6(2)9(12)7-4-5-8(7)10(13)11-3;1-6(2)9(11)7-4-5-8(7)10(12)13-3;2*1-5(2)8(11)6-3-4-7(6)9(10)12;1-5(2)8(10)6-3-4-7(6)9(11)12/h8-10H,6-7H2,1-5H3,(H,14,16);7-9H,5-6H2,1-4H3;7-9H,4-6H2,1-3H3,(H,12,14);2*6-8H,4-5H2,1-3H3,(H,11,13);6-8H,4-5H2,1-3H3;2*5-7H,3-4H2,1-2H3,(H2,10,12);5-7H,3-4H2,1-2H3,(H,11,12)/t9-,10+;2*8-,9+;7-,8+;2*7-,8-;6-,7+;2*6-,7-/m111111111/s1. The number of amides is 7. The number of carbonyl (C=O) groups is 18. The molecule has 0 aromatic heterocycles. The first-order valence-electron chi connectivity index (χ1n) is 44.1. The first-order chi connectivity index (χ1) is 55.1. The van der Waals surface area contributed by atoms with E-state index >= 15 is 0 Å². The maximum Gasteiger partial charge on any atom is 0.309 e. The van der Waals surface area contributed by atoms with Crippen molar-refractivity contribution in [3.63, 3.8) is 0 Å². The van der Waals surface area contributed by atoms with Gasteiger partial charge in [0, 0.05) is 188 Å². The number of esters is 1. The van der Waals surface area contributed by atoms with E-state index in [1.807, 2.05) is 152 Å². The van der Waals surface area contributed by atoms with Crippen molar-refractivity contribution in [2.75, 3.05) is 41.8 Å². The van der Waals surface area contributed by atoms with Crippen molar-refractivity contribution >= 4 is 105 Å². The molecule has 0 aromatic rings. The maximum absolute atomic E-state index is 11.9. The van der Waals surface area contributed by atoms with E-state index in [0.29, 0.717) is 13.0 Å². The second kappa shape index (κ2) is 51.2. The molecule has 9 fully saturated rings. The van der Waals surface area contributed by atoms with Crippen molar-refractivity contribution in [2.45, 2.75) is 273 Å². The Hall–Kier alpha value is -7.74. The quantitative estimate of drug-likeness (QED) is 0.0358. The van der Waals surface area contributed by atoms with E-state index < -0.39 is 11.9 Å². The van der Waals surface area contributed by atoms with Crippen molar-refractivity contribution in [2.24, 2.45) is 171 Å². The zero-order chi connectivity index (χ0) is 92.0. The van der Waals surface area contributed by atoms with Crippen LogP contribution in [0.2, 0.25) is 0 Å². The first-order valence-corrected chi connectivity index (χ1v) is 44.1. The lowest BCUT2D eigenvalue weighted by molar-refractivity contribution is -0.156. The van der Waals surface area contributed by atoms with Crippen LogP contribution >= 0.6 is 0 Å². The minimum absolute atomic E-state index is 0.00935. The number of Topliss-reactive ketones (excluding diaryl/α,β-unsaturated/α-hetero) is 9. The molecular formula is C92H155N7O20. The van der Waals surface area contributed by atoms with Gasteiger partial charge in [-0.05, 0) is 143 Å². The SMILES string of the molecule is CC(C)C(=O)[C@@H]1CC[C@@H]1C(=O)N(C)C.CC(C)C(=O)[C@@H]1CC[C@@H]1C(=O)NC(C)(C)C.CC(C)C(=O)[C@@H]1CC[C@@H]1C(N)=O.CC(C)C(=O)[C@@H]1CC[C@H]1C(=O)O.CC(C)C(=O)[C@@H]1CC[C@H]1C(N)=O.CCNC(=O)[C@H]1CC[C@H]1C(=O)C(C)C.CNC(=O)[C@@H]1CC[C@H]1C(=O)C(C)C.CNC(=O)[C@H]1CC[C@H]1C(=O)C(C)C.COC(=O)[C@@H]1CC[C@H]1C(=O)C(C)C. The van der Waals surface area contributed by atoms with E-state index in [9.17, 15) is 86.3 Å². The minimum Gasteiger partial charge on any atom is -0.481 e. The zero-order valence-electron chi connectivity index (χ0n) is 77.3. The average Bonchev–Trinajstić information content (AvgIpc) is 0.775. The number of aliphatic carboxylic acids is 1. The predicted octanol–water partition coefficient (Wildman–Crippen LogP) is 11.0. The van der Waals surface area contributed by atoms with E-state index in [1.54, 1.807) is 33.1 Å². The van der Waals surface area contributed by atoms with Crippen LogP contribution in [0.3, 0.4) is 0 Å². The normalized spacial score (nSPS) is 26.8. The van der Waals surface area contributed by atoms with Crippen LogP contribution in [-0.2, 0) is 91.0 Å². The molecule has 119 heavy (non-hydrogen) atoms. The summed E-state index contributed by atoms with van der Waals surface area (Å²) in [6.07, 6.45) is 15.1. The van der Waals surface area contributed by atoms with Crippen LogP contribution in [0, 0.1) is 160 Å². The molecule has 27 heteroatoms. The highest BCUT2D eigenvalue weighted by atomic mass is 16.5. The number of methoxy groups -OCH3 is 1. The van der Waals surface area contributed by atoms with Gasteiger partial charge in [-0.25, -0.2) is 0 Å². The number of hydrogen-bond acceptors (Lipinski definition) is 19. The number of ether oxygens (including phenoxy) is 1. The number of carboxylic acid groups (broad SMARTS) is 1. The summed E-state index contributed by atoms with van der Waals surface area (Å²) in [6.45, 7) is 42.2. The molecule has 0 bridgehead atoms. The van der Waals surface area contributed by atoms with Crippen LogP contribution in [0.1, 0.15) is 268 Å². The van der Waals surface area contributed by atoms with Crippen molar-refractivity contribution < 1.29 is 96.1 Å². The number of carboxylic acids is 1. The highest BCUT2D eigenvalue weighted by Crippen LogP contribution is 2.44. The Kier molecular flexibility index (Phi) is 47.1. The Bertz CT molecular complexity index is 3220. The van der Waals surface area contributed by atoms with E-state index in [0.717, 1.165) is 109 Å². The Morgan fingerprint density at radius 2 is 0.513 bits per heavy atom. The molecule has 678 valence electrons. The molecule has 0 unspecified atom stereocenters. The molecular weight excluding hydrogens is 1520 g/mol. The molecule has 0 saturated heterocycles. The van der Waals surface area contributed by atoms with Gasteiger partial charge in [0.25, 0.3) is 0 Å². The summed E-state index contributed by atoms with van der Waals surface area (Å²) >= 11 is 0. The molecule has 9 rings (SSSR count). The lowest BCUT2D eigenvalue weighted by Gasteiger charge is -2.37. The summed E-state index contributed by atoms with van der Waals surface area (Å²) < 4.78 is 4.62. The summed E-state index contributed by atoms with van der Waals surface area (Å²) in [7, 11) is 8.11. The molecule has 0 aromatic carbocycles. The summed E-state index contributed by atoms with van der Waals surface area (Å²) in [4.78, 5) is 207. The third kappa shape index (κ3) is 32.5. The third-order valence-corrected chi connectivity index (χ3v) is 24.9. The molecule has 7 amide bonds. The number of rotatable bonds is 28. The summed E-state index contributed by atoms with van der Waals surface area (Å²) in [5.41, 5.74) is 10.1. The molecule has 9 aliphatic rings. The van der Waals surface area contributed by atoms with E-state index in [4.69, 9.17) is 16.6 Å². The van der Waals surface area contributed by atoms with Crippen LogP contribution in [0.15, 0.2) is 0 Å². The molecule has 0 radical (unpaired) electrons. The van der Waals surface area contributed by atoms with Crippen molar-refractivity contribution in [1.82, 2.24) is 26.2 Å². The predicted molar refractivity (Wildman–Crippen MR) is 456 cm³/mol. The molecule has 9 saturated carbocycles. The Labute approximate surface area is 710 Å². The number of primary amides is 2. The number of nitrogens with two attached hydrogens (primary N) is 2. The van der Waals surface area contributed by atoms with Crippen LogP contribution < -0.4 is 32.7 Å².